The average molecular weight is 373 g/mol. The van der Waals surface area contributed by atoms with Gasteiger partial charge in [0.25, 0.3) is 0 Å². The molecule has 1 N–H and O–H groups in total. The molecule has 1 aliphatic heterocycles. The summed E-state index contributed by atoms with van der Waals surface area (Å²) in [6.07, 6.45) is 17.0. The number of rotatable bonds is 3. The molecular formula is C25H44N2. The smallest absolute Gasteiger partial charge is 0.0107 e. The van der Waals surface area contributed by atoms with Gasteiger partial charge in [0.2, 0.25) is 0 Å². The predicted octanol–water partition coefficient (Wildman–Crippen LogP) is 5.33. The van der Waals surface area contributed by atoms with Crippen molar-refractivity contribution in [2.75, 3.05) is 32.7 Å². The van der Waals surface area contributed by atoms with E-state index in [4.69, 9.17) is 0 Å². The van der Waals surface area contributed by atoms with Crippen molar-refractivity contribution < 1.29 is 0 Å². The second-order valence-corrected chi connectivity index (χ2v) is 11.6. The minimum Gasteiger partial charge on any atom is -0.314 e. The minimum atomic E-state index is 0.674. The number of hydrogen-bond acceptors (Lipinski definition) is 2. The molecule has 5 fully saturated rings. The van der Waals surface area contributed by atoms with E-state index in [1.807, 2.05) is 0 Å². The van der Waals surface area contributed by atoms with Crippen molar-refractivity contribution in [3.8, 4) is 0 Å². The molecule has 27 heavy (non-hydrogen) atoms. The summed E-state index contributed by atoms with van der Waals surface area (Å²) in [7, 11) is 0. The highest BCUT2D eigenvalue weighted by Crippen LogP contribution is 2.67. The Morgan fingerprint density at radius 1 is 0.815 bits per heavy atom. The molecule has 5 rings (SSSR count). The molecule has 4 aliphatic carbocycles. The Balaban J connectivity index is 1.27. The van der Waals surface area contributed by atoms with Gasteiger partial charge >= 0.3 is 0 Å². The molecule has 4 saturated carbocycles. The first-order chi connectivity index (χ1) is 13.1. The van der Waals surface area contributed by atoms with E-state index in [1.54, 1.807) is 44.9 Å². The maximum Gasteiger partial charge on any atom is 0.0107 e. The van der Waals surface area contributed by atoms with E-state index in [-0.39, 0.29) is 0 Å². The Hall–Kier alpha value is -0.0800. The Labute approximate surface area is 168 Å². The molecule has 0 amide bonds. The SMILES string of the molecule is C[C@]12CC[C@H]3[C@@H](CCC4CCCC[C@@]43C)[C@@H]1CC[C@@H]2CCN1CCNCC1. The number of nitrogens with one attached hydrogen (secondary N) is 1. The lowest BCUT2D eigenvalue weighted by Crippen LogP contribution is -2.52. The van der Waals surface area contributed by atoms with Gasteiger partial charge in [-0.3, -0.25) is 0 Å². The van der Waals surface area contributed by atoms with Gasteiger partial charge in [-0.2, -0.15) is 0 Å². The molecule has 1 unspecified atom stereocenters. The van der Waals surface area contributed by atoms with Crippen LogP contribution in [0.15, 0.2) is 0 Å². The Bertz CT molecular complexity index is 526. The van der Waals surface area contributed by atoms with Gasteiger partial charge in [-0.25, -0.2) is 0 Å². The van der Waals surface area contributed by atoms with Crippen LogP contribution in [0.4, 0.5) is 0 Å². The molecule has 0 bridgehead atoms. The standard InChI is InChI=1S/C25H44N2/c1-24-12-4-3-5-19(24)6-8-21-22-9-7-20(25(22,2)13-10-23(21)24)11-16-27-17-14-26-15-18-27/h19-23,26H,3-18H2,1-2H3/t19?,20-,21+,22+,23+,24+,25-/m1/s1. The van der Waals surface area contributed by atoms with E-state index in [2.05, 4.69) is 24.1 Å². The molecule has 0 radical (unpaired) electrons. The maximum atomic E-state index is 3.51. The van der Waals surface area contributed by atoms with Gasteiger partial charge < -0.3 is 10.2 Å². The highest BCUT2D eigenvalue weighted by molar-refractivity contribution is 5.08. The lowest BCUT2D eigenvalue weighted by molar-refractivity contribution is -0.111. The van der Waals surface area contributed by atoms with Crippen LogP contribution in [0.2, 0.25) is 0 Å². The molecular weight excluding hydrogens is 328 g/mol. The third kappa shape index (κ3) is 3.12. The van der Waals surface area contributed by atoms with Gasteiger partial charge in [-0.1, -0.05) is 26.7 Å². The zero-order chi connectivity index (χ0) is 18.5. The van der Waals surface area contributed by atoms with Crippen LogP contribution in [0.5, 0.6) is 0 Å². The summed E-state index contributed by atoms with van der Waals surface area (Å²) in [6, 6.07) is 0. The molecule has 2 heteroatoms. The van der Waals surface area contributed by atoms with Gasteiger partial charge in [0.15, 0.2) is 0 Å². The van der Waals surface area contributed by atoms with Gasteiger partial charge in [0.05, 0.1) is 0 Å². The molecule has 1 heterocycles. The van der Waals surface area contributed by atoms with Crippen LogP contribution in [0, 0.1) is 40.4 Å². The van der Waals surface area contributed by atoms with E-state index >= 15 is 0 Å². The van der Waals surface area contributed by atoms with Gasteiger partial charge in [0.1, 0.15) is 0 Å². The summed E-state index contributed by atoms with van der Waals surface area (Å²) in [5.74, 6) is 5.29. The molecule has 2 nitrogen and oxygen atoms in total. The van der Waals surface area contributed by atoms with Crippen LogP contribution in [-0.2, 0) is 0 Å². The summed E-state index contributed by atoms with van der Waals surface area (Å²) in [5, 5.41) is 3.51. The fraction of sp³-hybridized carbons (Fsp3) is 1.00. The van der Waals surface area contributed by atoms with Crippen LogP contribution >= 0.6 is 0 Å². The van der Waals surface area contributed by atoms with Crippen molar-refractivity contribution in [3.63, 3.8) is 0 Å². The number of fused-ring (bicyclic) bond motifs is 5. The molecule has 0 aromatic rings. The van der Waals surface area contributed by atoms with E-state index in [9.17, 15) is 0 Å². The number of hydrogen-bond donors (Lipinski definition) is 1. The van der Waals surface area contributed by atoms with Crippen LogP contribution in [0.25, 0.3) is 0 Å². The summed E-state index contributed by atoms with van der Waals surface area (Å²) >= 11 is 0. The van der Waals surface area contributed by atoms with Crippen molar-refractivity contribution in [2.24, 2.45) is 40.4 Å². The summed E-state index contributed by atoms with van der Waals surface area (Å²) in [6.45, 7) is 11.8. The Morgan fingerprint density at radius 3 is 2.48 bits per heavy atom. The third-order valence-corrected chi connectivity index (χ3v) is 10.8. The van der Waals surface area contributed by atoms with E-state index in [1.165, 1.54) is 58.4 Å². The van der Waals surface area contributed by atoms with Crippen molar-refractivity contribution in [2.45, 2.75) is 84.5 Å². The van der Waals surface area contributed by atoms with Crippen LogP contribution < -0.4 is 5.32 Å². The van der Waals surface area contributed by atoms with Crippen LogP contribution in [-0.4, -0.2) is 37.6 Å². The second-order valence-electron chi connectivity index (χ2n) is 11.6. The summed E-state index contributed by atoms with van der Waals surface area (Å²) in [5.41, 5.74) is 1.38. The number of nitrogens with zero attached hydrogens (tertiary/aromatic N) is 1. The van der Waals surface area contributed by atoms with Gasteiger partial charge in [0, 0.05) is 26.2 Å². The highest BCUT2D eigenvalue weighted by atomic mass is 15.2. The van der Waals surface area contributed by atoms with Crippen molar-refractivity contribution in [3.05, 3.63) is 0 Å². The minimum absolute atomic E-state index is 0.674. The van der Waals surface area contributed by atoms with E-state index in [0.717, 1.165) is 29.6 Å². The predicted molar refractivity (Wildman–Crippen MR) is 114 cm³/mol. The van der Waals surface area contributed by atoms with Gasteiger partial charge in [-0.15, -0.1) is 0 Å². The molecule has 0 aromatic carbocycles. The first kappa shape index (κ1) is 18.9. The van der Waals surface area contributed by atoms with Gasteiger partial charge in [-0.05, 0) is 105 Å². The second kappa shape index (κ2) is 7.31. The molecule has 5 aliphatic rings. The zero-order valence-corrected chi connectivity index (χ0v) is 18.1. The number of piperazine rings is 1. The lowest BCUT2D eigenvalue weighted by atomic mass is 9.45. The largest absolute Gasteiger partial charge is 0.314 e. The third-order valence-electron chi connectivity index (χ3n) is 10.8. The highest BCUT2D eigenvalue weighted by Gasteiger charge is 2.59. The monoisotopic (exact) mass is 372 g/mol. The molecule has 0 aromatic heterocycles. The van der Waals surface area contributed by atoms with E-state index in [0.29, 0.717) is 10.8 Å². The molecule has 0 spiro atoms. The fourth-order valence-electron chi connectivity index (χ4n) is 9.15. The normalized spacial score (nSPS) is 50.7. The fourth-order valence-corrected chi connectivity index (χ4v) is 9.15. The Morgan fingerprint density at radius 2 is 1.63 bits per heavy atom. The van der Waals surface area contributed by atoms with E-state index < -0.39 is 0 Å². The zero-order valence-electron chi connectivity index (χ0n) is 18.1. The first-order valence-electron chi connectivity index (χ1n) is 12.5. The van der Waals surface area contributed by atoms with Crippen molar-refractivity contribution >= 4 is 0 Å². The van der Waals surface area contributed by atoms with Crippen LogP contribution in [0.1, 0.15) is 84.5 Å². The molecule has 1 saturated heterocycles. The summed E-state index contributed by atoms with van der Waals surface area (Å²) < 4.78 is 0. The average Bonchev–Trinajstić information content (AvgIpc) is 3.03. The topological polar surface area (TPSA) is 15.3 Å². The lowest BCUT2D eigenvalue weighted by Gasteiger charge is -2.60. The maximum absolute atomic E-state index is 3.51. The van der Waals surface area contributed by atoms with Crippen molar-refractivity contribution in [1.82, 2.24) is 10.2 Å². The first-order valence-corrected chi connectivity index (χ1v) is 12.5. The van der Waals surface area contributed by atoms with Crippen molar-refractivity contribution in [1.29, 1.82) is 0 Å². The van der Waals surface area contributed by atoms with Crippen LogP contribution in [0.3, 0.4) is 0 Å². The molecule has 7 atom stereocenters. The Kier molecular flexibility index (Phi) is 5.12. The molecule has 154 valence electrons. The quantitative estimate of drug-likeness (QED) is 0.720. The summed E-state index contributed by atoms with van der Waals surface area (Å²) in [4.78, 5) is 2.73.